The number of hydrogen-bond acceptors (Lipinski definition) is 5. The number of aryl methyl sites for hydroxylation is 1. The zero-order chi connectivity index (χ0) is 17.9. The average molecular weight is 352 g/mol. The van der Waals surface area contributed by atoms with Gasteiger partial charge in [0.2, 0.25) is 5.89 Å². The molecule has 1 atom stereocenters. The summed E-state index contributed by atoms with van der Waals surface area (Å²) < 4.78 is 13.2. The second-order valence-electron chi connectivity index (χ2n) is 6.14. The molecule has 1 saturated heterocycles. The third-order valence-electron chi connectivity index (χ3n) is 4.45. The lowest BCUT2D eigenvalue weighted by atomic mass is 10.1. The number of morpholine rings is 1. The van der Waals surface area contributed by atoms with Crippen molar-refractivity contribution in [3.8, 4) is 11.5 Å². The van der Waals surface area contributed by atoms with Crippen LogP contribution < -0.4 is 0 Å². The highest BCUT2D eigenvalue weighted by Gasteiger charge is 2.28. The Morgan fingerprint density at radius 3 is 2.92 bits per heavy atom. The summed E-state index contributed by atoms with van der Waals surface area (Å²) in [4.78, 5) is 18.9. The van der Waals surface area contributed by atoms with Crippen LogP contribution in [0.4, 0.5) is 0 Å². The molecule has 0 bridgehead atoms. The Labute approximate surface area is 151 Å². The highest BCUT2D eigenvalue weighted by atomic mass is 16.5. The van der Waals surface area contributed by atoms with Crippen LogP contribution in [0.25, 0.3) is 11.5 Å². The Balaban J connectivity index is 1.48. The van der Waals surface area contributed by atoms with Gasteiger partial charge in [-0.2, -0.15) is 5.10 Å². The molecule has 0 radical (unpaired) electrons. The topological polar surface area (TPSA) is 73.4 Å². The fourth-order valence-corrected chi connectivity index (χ4v) is 3.00. The summed E-state index contributed by atoms with van der Waals surface area (Å²) in [7, 11) is 0. The molecule has 0 aliphatic carbocycles. The number of nitrogens with zero attached hydrogens (tertiary/aromatic N) is 4. The van der Waals surface area contributed by atoms with E-state index in [1.807, 2.05) is 48.1 Å². The van der Waals surface area contributed by atoms with Crippen molar-refractivity contribution in [3.05, 3.63) is 60.2 Å². The van der Waals surface area contributed by atoms with Crippen molar-refractivity contribution < 1.29 is 13.9 Å². The molecule has 134 valence electrons. The van der Waals surface area contributed by atoms with Crippen LogP contribution in [0.1, 0.15) is 29.1 Å². The molecule has 3 aromatic rings. The molecule has 26 heavy (non-hydrogen) atoms. The lowest BCUT2D eigenvalue weighted by Gasteiger charge is -2.32. The van der Waals surface area contributed by atoms with Crippen molar-refractivity contribution >= 4 is 5.91 Å². The predicted octanol–water partition coefficient (Wildman–Crippen LogP) is 2.77. The number of carbonyl (C=O) groups is 1. The Bertz CT molecular complexity index is 887. The molecule has 7 heteroatoms. The molecule has 2 aromatic heterocycles. The zero-order valence-electron chi connectivity index (χ0n) is 14.5. The summed E-state index contributed by atoms with van der Waals surface area (Å²) >= 11 is 0. The fraction of sp³-hybridized carbons (Fsp3) is 0.316. The van der Waals surface area contributed by atoms with Crippen molar-refractivity contribution in [1.82, 2.24) is 19.7 Å². The van der Waals surface area contributed by atoms with Crippen LogP contribution in [0.5, 0.6) is 0 Å². The molecule has 3 heterocycles. The number of ether oxygens (including phenoxy) is 1. The second-order valence-corrected chi connectivity index (χ2v) is 6.14. The molecule has 1 aliphatic heterocycles. The summed E-state index contributed by atoms with van der Waals surface area (Å²) in [5.41, 5.74) is 2.14. The number of hydrogen-bond donors (Lipinski definition) is 0. The molecule has 1 fully saturated rings. The van der Waals surface area contributed by atoms with Crippen molar-refractivity contribution in [3.63, 3.8) is 0 Å². The Hall–Kier alpha value is -2.93. The van der Waals surface area contributed by atoms with Gasteiger partial charge in [-0.05, 0) is 19.1 Å². The second kappa shape index (κ2) is 7.13. The van der Waals surface area contributed by atoms with Crippen LogP contribution >= 0.6 is 0 Å². The maximum atomic E-state index is 12.8. The maximum Gasteiger partial charge on any atom is 0.276 e. The summed E-state index contributed by atoms with van der Waals surface area (Å²) in [6.07, 6.45) is 5.01. The predicted molar refractivity (Wildman–Crippen MR) is 94.4 cm³/mol. The molecule has 1 aromatic carbocycles. The van der Waals surface area contributed by atoms with Crippen LogP contribution in [0, 0.1) is 0 Å². The zero-order valence-corrected chi connectivity index (χ0v) is 14.5. The minimum atomic E-state index is -0.173. The first-order valence-corrected chi connectivity index (χ1v) is 8.68. The van der Waals surface area contributed by atoms with E-state index in [1.165, 1.54) is 6.26 Å². The third-order valence-corrected chi connectivity index (χ3v) is 4.45. The Morgan fingerprint density at radius 1 is 1.31 bits per heavy atom. The standard InChI is InChI=1S/C19H20N4O3/c1-2-23-11-15(10-20-23)17-12-22(8-9-25-17)19(24)16-13-26-18(21-16)14-6-4-3-5-7-14/h3-7,10-11,13,17H,2,8-9,12H2,1H3. The Kier molecular flexibility index (Phi) is 4.53. The summed E-state index contributed by atoms with van der Waals surface area (Å²) in [5, 5.41) is 4.28. The molecule has 1 unspecified atom stereocenters. The minimum Gasteiger partial charge on any atom is -0.444 e. The van der Waals surface area contributed by atoms with Gasteiger partial charge in [-0.25, -0.2) is 4.98 Å². The van der Waals surface area contributed by atoms with Gasteiger partial charge in [-0.1, -0.05) is 18.2 Å². The molecular weight excluding hydrogens is 332 g/mol. The quantitative estimate of drug-likeness (QED) is 0.722. The molecule has 0 spiro atoms. The number of benzene rings is 1. The average Bonchev–Trinajstić information content (AvgIpc) is 3.38. The van der Waals surface area contributed by atoms with Crippen LogP contribution in [0.2, 0.25) is 0 Å². The summed E-state index contributed by atoms with van der Waals surface area (Å²) in [6, 6.07) is 9.54. The van der Waals surface area contributed by atoms with E-state index < -0.39 is 0 Å². The third kappa shape index (κ3) is 3.25. The summed E-state index contributed by atoms with van der Waals surface area (Å²) in [6.45, 7) is 4.32. The lowest BCUT2D eigenvalue weighted by molar-refractivity contribution is -0.0230. The first-order valence-electron chi connectivity index (χ1n) is 8.68. The first-order chi connectivity index (χ1) is 12.7. The number of aromatic nitrogens is 3. The van der Waals surface area contributed by atoms with E-state index in [9.17, 15) is 4.79 Å². The molecule has 1 aliphatic rings. The normalized spacial score (nSPS) is 17.4. The summed E-state index contributed by atoms with van der Waals surface area (Å²) in [5.74, 6) is 0.301. The maximum absolute atomic E-state index is 12.8. The number of oxazole rings is 1. The van der Waals surface area contributed by atoms with Gasteiger partial charge in [0.25, 0.3) is 5.91 Å². The molecule has 0 N–H and O–H groups in total. The molecular formula is C19H20N4O3. The van der Waals surface area contributed by atoms with E-state index >= 15 is 0 Å². The van der Waals surface area contributed by atoms with E-state index in [4.69, 9.17) is 9.15 Å². The van der Waals surface area contributed by atoms with Crippen LogP contribution in [-0.4, -0.2) is 45.3 Å². The largest absolute Gasteiger partial charge is 0.444 e. The highest BCUT2D eigenvalue weighted by Crippen LogP contribution is 2.24. The molecule has 7 nitrogen and oxygen atoms in total. The van der Waals surface area contributed by atoms with Crippen molar-refractivity contribution in [1.29, 1.82) is 0 Å². The molecule has 1 amide bonds. The number of amides is 1. The van der Waals surface area contributed by atoms with Crippen molar-refractivity contribution in [2.45, 2.75) is 19.6 Å². The lowest BCUT2D eigenvalue weighted by Crippen LogP contribution is -2.42. The van der Waals surface area contributed by atoms with E-state index in [0.717, 1.165) is 17.7 Å². The van der Waals surface area contributed by atoms with Crippen LogP contribution in [-0.2, 0) is 11.3 Å². The van der Waals surface area contributed by atoms with E-state index in [-0.39, 0.29) is 12.0 Å². The van der Waals surface area contributed by atoms with Crippen LogP contribution in [0.15, 0.2) is 53.4 Å². The highest BCUT2D eigenvalue weighted by molar-refractivity contribution is 5.92. The smallest absolute Gasteiger partial charge is 0.276 e. The number of carbonyl (C=O) groups excluding carboxylic acids is 1. The molecule has 0 saturated carbocycles. The minimum absolute atomic E-state index is 0.146. The van der Waals surface area contributed by atoms with Gasteiger partial charge in [0, 0.05) is 30.4 Å². The SMILES string of the molecule is CCn1cc(C2CN(C(=O)c3coc(-c4ccccc4)n3)CCO2)cn1. The van der Waals surface area contributed by atoms with Crippen LogP contribution in [0.3, 0.4) is 0 Å². The Morgan fingerprint density at radius 2 is 2.15 bits per heavy atom. The van der Waals surface area contributed by atoms with E-state index in [0.29, 0.717) is 31.3 Å². The monoisotopic (exact) mass is 352 g/mol. The van der Waals surface area contributed by atoms with E-state index in [2.05, 4.69) is 10.1 Å². The number of rotatable bonds is 4. The van der Waals surface area contributed by atoms with Gasteiger partial charge in [0.15, 0.2) is 5.69 Å². The van der Waals surface area contributed by atoms with E-state index in [1.54, 1.807) is 11.1 Å². The van der Waals surface area contributed by atoms with Gasteiger partial charge in [0.1, 0.15) is 12.4 Å². The van der Waals surface area contributed by atoms with Gasteiger partial charge in [0.05, 0.1) is 19.3 Å². The van der Waals surface area contributed by atoms with Gasteiger partial charge < -0.3 is 14.1 Å². The van der Waals surface area contributed by atoms with Crippen molar-refractivity contribution in [2.24, 2.45) is 0 Å². The van der Waals surface area contributed by atoms with Gasteiger partial charge in [-0.3, -0.25) is 9.48 Å². The fourth-order valence-electron chi connectivity index (χ4n) is 3.00. The molecule has 4 rings (SSSR count). The van der Waals surface area contributed by atoms with Gasteiger partial charge in [-0.15, -0.1) is 0 Å². The first kappa shape index (κ1) is 16.5. The van der Waals surface area contributed by atoms with Gasteiger partial charge >= 0.3 is 0 Å². The van der Waals surface area contributed by atoms with Crippen molar-refractivity contribution in [2.75, 3.05) is 19.7 Å².